The Balaban J connectivity index is 1.69. The number of carbonyl (C=O) groups is 3. The van der Waals surface area contributed by atoms with Crippen molar-refractivity contribution < 1.29 is 14.4 Å². The number of primary amides is 2. The normalized spacial score (nSPS) is 10.7. The Bertz CT molecular complexity index is 1050. The highest BCUT2D eigenvalue weighted by Gasteiger charge is 2.20. The smallest absolute Gasteiger partial charge is 0.268 e. The van der Waals surface area contributed by atoms with Gasteiger partial charge in [0.15, 0.2) is 5.78 Å². The standard InChI is InChI=1S/C22H22N4O3S/c23-19(28)4-2-1-3-14-5-7-15(8-6-14)17(27)13-18-20(21(24)29)26-22(30-18)16-9-11-25-12-10-16/h5-12H,1-4,13H2,(H2,23,28)(H2,24,29). The number of pyridine rings is 1. The maximum absolute atomic E-state index is 12.7. The number of carbonyl (C=O) groups excluding carboxylic acids is 3. The molecule has 30 heavy (non-hydrogen) atoms. The molecule has 0 aliphatic carbocycles. The summed E-state index contributed by atoms with van der Waals surface area (Å²) in [4.78, 5) is 44.2. The maximum Gasteiger partial charge on any atom is 0.268 e. The van der Waals surface area contributed by atoms with Crippen LogP contribution in [0.5, 0.6) is 0 Å². The van der Waals surface area contributed by atoms with Gasteiger partial charge < -0.3 is 11.5 Å². The lowest BCUT2D eigenvalue weighted by molar-refractivity contribution is -0.118. The van der Waals surface area contributed by atoms with Crippen molar-refractivity contribution in [3.63, 3.8) is 0 Å². The van der Waals surface area contributed by atoms with E-state index in [1.807, 2.05) is 12.1 Å². The van der Waals surface area contributed by atoms with E-state index < -0.39 is 5.91 Å². The number of nitrogens with zero attached hydrogens (tertiary/aromatic N) is 2. The Morgan fingerprint density at radius 3 is 2.27 bits per heavy atom. The zero-order valence-corrected chi connectivity index (χ0v) is 17.2. The van der Waals surface area contributed by atoms with Crippen LogP contribution >= 0.6 is 11.3 Å². The zero-order valence-electron chi connectivity index (χ0n) is 16.3. The number of thiazole rings is 1. The number of Topliss-reactive ketones (excluding diaryl/α,β-unsaturated/α-hetero) is 1. The summed E-state index contributed by atoms with van der Waals surface area (Å²) < 4.78 is 0. The molecule has 2 amide bonds. The molecule has 0 bridgehead atoms. The van der Waals surface area contributed by atoms with Crippen molar-refractivity contribution >= 4 is 28.9 Å². The number of aryl methyl sites for hydroxylation is 1. The van der Waals surface area contributed by atoms with E-state index >= 15 is 0 Å². The molecule has 8 heteroatoms. The predicted molar refractivity (Wildman–Crippen MR) is 115 cm³/mol. The van der Waals surface area contributed by atoms with Gasteiger partial charge in [-0.3, -0.25) is 19.4 Å². The molecule has 7 nitrogen and oxygen atoms in total. The fourth-order valence-electron chi connectivity index (χ4n) is 3.02. The third-order valence-electron chi connectivity index (χ3n) is 4.59. The topological polar surface area (TPSA) is 129 Å². The Morgan fingerprint density at radius 2 is 1.63 bits per heavy atom. The van der Waals surface area contributed by atoms with E-state index in [4.69, 9.17) is 11.5 Å². The Labute approximate surface area is 178 Å². The summed E-state index contributed by atoms with van der Waals surface area (Å²) in [5, 5.41) is 0.625. The van der Waals surface area contributed by atoms with Gasteiger partial charge in [0.25, 0.3) is 5.91 Å². The van der Waals surface area contributed by atoms with Gasteiger partial charge >= 0.3 is 0 Å². The molecule has 4 N–H and O–H groups in total. The average molecular weight is 423 g/mol. The van der Waals surface area contributed by atoms with Crippen LogP contribution < -0.4 is 11.5 Å². The van der Waals surface area contributed by atoms with Gasteiger partial charge in [-0.15, -0.1) is 11.3 Å². The van der Waals surface area contributed by atoms with Crippen molar-refractivity contribution in [3.8, 4) is 10.6 Å². The first kappa shape index (κ1) is 21.3. The number of amides is 2. The molecule has 1 aromatic carbocycles. The number of unbranched alkanes of at least 4 members (excludes halogenated alkanes) is 1. The van der Waals surface area contributed by atoms with Crippen molar-refractivity contribution in [2.75, 3.05) is 0 Å². The third kappa shape index (κ3) is 5.57. The molecule has 0 aliphatic heterocycles. The largest absolute Gasteiger partial charge is 0.370 e. The second-order valence-corrected chi connectivity index (χ2v) is 7.94. The molecule has 154 valence electrons. The van der Waals surface area contributed by atoms with E-state index in [-0.39, 0.29) is 23.8 Å². The summed E-state index contributed by atoms with van der Waals surface area (Å²) in [6.07, 6.45) is 6.14. The highest BCUT2D eigenvalue weighted by molar-refractivity contribution is 7.15. The Morgan fingerprint density at radius 1 is 0.933 bits per heavy atom. The summed E-state index contributed by atoms with van der Waals surface area (Å²) in [6, 6.07) is 10.9. The van der Waals surface area contributed by atoms with E-state index in [0.29, 0.717) is 21.9 Å². The van der Waals surface area contributed by atoms with E-state index in [2.05, 4.69) is 9.97 Å². The number of nitrogens with two attached hydrogens (primary N) is 2. The molecule has 0 atom stereocenters. The van der Waals surface area contributed by atoms with Gasteiger partial charge in [0.2, 0.25) is 5.91 Å². The number of hydrogen-bond acceptors (Lipinski definition) is 6. The molecular formula is C22H22N4O3S. The molecule has 3 aromatic rings. The summed E-state index contributed by atoms with van der Waals surface area (Å²) in [7, 11) is 0. The zero-order chi connectivity index (χ0) is 21.5. The number of benzene rings is 1. The second kappa shape index (κ2) is 9.89. The second-order valence-electron chi connectivity index (χ2n) is 6.86. The molecular weight excluding hydrogens is 400 g/mol. The fraction of sp³-hybridized carbons (Fsp3) is 0.227. The summed E-state index contributed by atoms with van der Waals surface area (Å²) in [6.45, 7) is 0. The van der Waals surface area contributed by atoms with Gasteiger partial charge in [-0.2, -0.15) is 0 Å². The number of hydrogen-bond donors (Lipinski definition) is 2. The van der Waals surface area contributed by atoms with Crippen LogP contribution in [-0.2, 0) is 17.6 Å². The average Bonchev–Trinajstić information content (AvgIpc) is 3.16. The van der Waals surface area contributed by atoms with Crippen LogP contribution in [-0.4, -0.2) is 27.6 Å². The lowest BCUT2D eigenvalue weighted by atomic mass is 10.0. The Hall–Kier alpha value is -3.39. The van der Waals surface area contributed by atoms with Crippen molar-refractivity contribution in [1.29, 1.82) is 0 Å². The third-order valence-corrected chi connectivity index (χ3v) is 5.70. The van der Waals surface area contributed by atoms with Gasteiger partial charge in [-0.25, -0.2) is 4.98 Å². The predicted octanol–water partition coefficient (Wildman–Crippen LogP) is 2.93. The first-order chi connectivity index (χ1) is 14.4. The molecule has 2 heterocycles. The molecule has 2 aromatic heterocycles. The van der Waals surface area contributed by atoms with Gasteiger partial charge in [0.1, 0.15) is 10.7 Å². The minimum Gasteiger partial charge on any atom is -0.370 e. The van der Waals surface area contributed by atoms with Crippen LogP contribution in [0.3, 0.4) is 0 Å². The van der Waals surface area contributed by atoms with Gasteiger partial charge in [-0.1, -0.05) is 24.3 Å². The minimum atomic E-state index is -0.652. The van der Waals surface area contributed by atoms with Crippen molar-refractivity contribution in [3.05, 3.63) is 70.5 Å². The van der Waals surface area contributed by atoms with Crippen LogP contribution in [0.1, 0.15) is 50.5 Å². The van der Waals surface area contributed by atoms with Crippen LogP contribution in [0.25, 0.3) is 10.6 Å². The lowest BCUT2D eigenvalue weighted by Crippen LogP contribution is -2.15. The van der Waals surface area contributed by atoms with Crippen LogP contribution in [0, 0.1) is 0 Å². The van der Waals surface area contributed by atoms with E-state index in [9.17, 15) is 14.4 Å². The fourth-order valence-corrected chi connectivity index (χ4v) is 4.09. The van der Waals surface area contributed by atoms with Crippen molar-refractivity contribution in [1.82, 2.24) is 9.97 Å². The molecule has 0 aliphatic rings. The van der Waals surface area contributed by atoms with Crippen molar-refractivity contribution in [2.24, 2.45) is 11.5 Å². The van der Waals surface area contributed by atoms with Gasteiger partial charge in [-0.05, 0) is 37.0 Å². The first-order valence-electron chi connectivity index (χ1n) is 9.54. The first-order valence-corrected chi connectivity index (χ1v) is 10.4. The van der Waals surface area contributed by atoms with Crippen LogP contribution in [0.15, 0.2) is 48.8 Å². The van der Waals surface area contributed by atoms with Crippen LogP contribution in [0.2, 0.25) is 0 Å². The maximum atomic E-state index is 12.7. The number of aromatic nitrogens is 2. The molecule has 0 saturated heterocycles. The molecule has 3 rings (SSSR count). The molecule has 0 fully saturated rings. The molecule has 0 spiro atoms. The number of ketones is 1. The lowest BCUT2D eigenvalue weighted by Gasteiger charge is -2.04. The Kier molecular flexibility index (Phi) is 7.03. The summed E-state index contributed by atoms with van der Waals surface area (Å²) in [5.41, 5.74) is 13.2. The monoisotopic (exact) mass is 422 g/mol. The van der Waals surface area contributed by atoms with Crippen LogP contribution in [0.4, 0.5) is 0 Å². The SMILES string of the molecule is NC(=O)CCCCc1ccc(C(=O)Cc2sc(-c3ccncc3)nc2C(N)=O)cc1. The van der Waals surface area contributed by atoms with Crippen molar-refractivity contribution in [2.45, 2.75) is 32.1 Å². The highest BCUT2D eigenvalue weighted by atomic mass is 32.1. The van der Waals surface area contributed by atoms with E-state index in [1.165, 1.54) is 11.3 Å². The quantitative estimate of drug-likeness (QED) is 0.383. The van der Waals surface area contributed by atoms with E-state index in [1.54, 1.807) is 36.7 Å². The highest BCUT2D eigenvalue weighted by Crippen LogP contribution is 2.28. The number of rotatable bonds is 10. The van der Waals surface area contributed by atoms with Gasteiger partial charge in [0, 0.05) is 41.2 Å². The molecule has 0 saturated carbocycles. The van der Waals surface area contributed by atoms with E-state index in [0.717, 1.165) is 30.4 Å². The summed E-state index contributed by atoms with van der Waals surface area (Å²) >= 11 is 1.28. The minimum absolute atomic E-state index is 0.0545. The molecule has 0 unspecified atom stereocenters. The summed E-state index contributed by atoms with van der Waals surface area (Å²) in [5.74, 6) is -1.05. The van der Waals surface area contributed by atoms with Gasteiger partial charge in [0.05, 0.1) is 0 Å². The molecule has 0 radical (unpaired) electrons.